The molecule has 1 saturated heterocycles. The van der Waals surface area contributed by atoms with Gasteiger partial charge in [0.2, 0.25) is 0 Å². The lowest BCUT2D eigenvalue weighted by Gasteiger charge is -2.25. The first-order valence-electron chi connectivity index (χ1n) is 5.03. The maximum Gasteiger partial charge on any atom is 0.160 e. The van der Waals surface area contributed by atoms with Crippen molar-refractivity contribution in [3.05, 3.63) is 12.3 Å². The summed E-state index contributed by atoms with van der Waals surface area (Å²) in [6.45, 7) is 4.10. The Morgan fingerprint density at radius 2 is 1.93 bits per heavy atom. The smallest absolute Gasteiger partial charge is 0.160 e. The van der Waals surface area contributed by atoms with Gasteiger partial charge >= 0.3 is 0 Å². The molecule has 0 aromatic heterocycles. The predicted molar refractivity (Wildman–Crippen MR) is 58.6 cm³/mol. The minimum absolute atomic E-state index is 0. The molecule has 2 rings (SSSR count). The molecular weight excluding hydrogens is 200 g/mol. The minimum atomic E-state index is 0. The van der Waals surface area contributed by atoms with E-state index in [2.05, 4.69) is 10.2 Å². The third kappa shape index (κ3) is 3.31. The molecule has 14 heavy (non-hydrogen) atoms. The number of piperazine rings is 1. The lowest BCUT2D eigenvalue weighted by molar-refractivity contribution is -0.115. The Balaban J connectivity index is 0.000000980. The summed E-state index contributed by atoms with van der Waals surface area (Å²) in [4.78, 5) is 13.5. The highest BCUT2D eigenvalue weighted by molar-refractivity contribution is 5.93. The fourth-order valence-corrected chi connectivity index (χ4v) is 1.51. The molecule has 0 atom stereocenters. The topological polar surface area (TPSA) is 32.3 Å². The Morgan fingerprint density at radius 1 is 1.29 bits per heavy atom. The number of hydrogen-bond donors (Lipinski definition) is 1. The number of halogens is 1. The summed E-state index contributed by atoms with van der Waals surface area (Å²) in [5.74, 6) is 0.678. The van der Waals surface area contributed by atoms with E-state index in [-0.39, 0.29) is 12.4 Å². The summed E-state index contributed by atoms with van der Waals surface area (Å²) in [7, 11) is 0. The zero-order valence-electron chi connectivity index (χ0n) is 8.24. The van der Waals surface area contributed by atoms with Gasteiger partial charge in [-0.2, -0.15) is 0 Å². The second-order valence-corrected chi connectivity index (χ2v) is 3.78. The number of carbonyl (C=O) groups excluding carboxylic acids is 1. The van der Waals surface area contributed by atoms with E-state index < -0.39 is 0 Å². The van der Waals surface area contributed by atoms with Gasteiger partial charge in [-0.3, -0.25) is 4.79 Å². The van der Waals surface area contributed by atoms with E-state index in [1.165, 1.54) is 0 Å². The van der Waals surface area contributed by atoms with E-state index in [1.54, 1.807) is 6.08 Å². The Bertz CT molecular complexity index is 220. The van der Waals surface area contributed by atoms with E-state index in [0.717, 1.165) is 39.0 Å². The Morgan fingerprint density at radius 3 is 2.50 bits per heavy atom. The monoisotopic (exact) mass is 216 g/mol. The summed E-state index contributed by atoms with van der Waals surface area (Å²) in [6.07, 6.45) is 5.92. The van der Waals surface area contributed by atoms with Gasteiger partial charge in [-0.25, -0.2) is 0 Å². The van der Waals surface area contributed by atoms with Crippen LogP contribution in [0.5, 0.6) is 0 Å². The van der Waals surface area contributed by atoms with Gasteiger partial charge in [-0.05, 0) is 18.9 Å². The van der Waals surface area contributed by atoms with Crippen LogP contribution >= 0.6 is 12.4 Å². The summed E-state index contributed by atoms with van der Waals surface area (Å²) >= 11 is 0. The van der Waals surface area contributed by atoms with E-state index in [4.69, 9.17) is 0 Å². The van der Waals surface area contributed by atoms with Gasteiger partial charge in [-0.15, -0.1) is 12.4 Å². The zero-order chi connectivity index (χ0) is 9.10. The van der Waals surface area contributed by atoms with Crippen molar-refractivity contribution >= 4 is 18.2 Å². The van der Waals surface area contributed by atoms with Crippen molar-refractivity contribution in [2.45, 2.75) is 12.8 Å². The summed E-state index contributed by atoms with van der Waals surface area (Å²) < 4.78 is 0. The molecule has 0 amide bonds. The molecule has 0 spiro atoms. The highest BCUT2D eigenvalue weighted by atomic mass is 35.5. The maximum absolute atomic E-state index is 11.3. The summed E-state index contributed by atoms with van der Waals surface area (Å²) in [5.41, 5.74) is 0. The second kappa shape index (κ2) is 5.37. The van der Waals surface area contributed by atoms with Gasteiger partial charge in [0.05, 0.1) is 0 Å². The first-order valence-corrected chi connectivity index (χ1v) is 5.03. The SMILES string of the molecule is Cl.O=C(/C=C/N1CCNCC1)C1CC1. The third-order valence-electron chi connectivity index (χ3n) is 2.58. The molecule has 3 nitrogen and oxygen atoms in total. The van der Waals surface area contributed by atoms with Gasteiger partial charge in [0.1, 0.15) is 0 Å². The molecular formula is C10H17ClN2O. The van der Waals surface area contributed by atoms with Crippen molar-refractivity contribution in [3.63, 3.8) is 0 Å². The van der Waals surface area contributed by atoms with Crippen LogP contribution in [0.15, 0.2) is 12.3 Å². The number of rotatable bonds is 3. The van der Waals surface area contributed by atoms with E-state index in [1.807, 2.05) is 6.20 Å². The summed E-state index contributed by atoms with van der Waals surface area (Å²) in [5, 5.41) is 3.28. The average Bonchev–Trinajstić information content (AvgIpc) is 2.99. The molecule has 1 aliphatic heterocycles. The Hall–Kier alpha value is -0.540. The number of allylic oxidation sites excluding steroid dienone is 1. The largest absolute Gasteiger partial charge is 0.375 e. The van der Waals surface area contributed by atoms with Crippen LogP contribution in [0.1, 0.15) is 12.8 Å². The van der Waals surface area contributed by atoms with Gasteiger partial charge in [0.25, 0.3) is 0 Å². The van der Waals surface area contributed by atoms with Crippen molar-refractivity contribution in [3.8, 4) is 0 Å². The molecule has 0 aromatic carbocycles. The van der Waals surface area contributed by atoms with E-state index in [0.29, 0.717) is 11.7 Å². The molecule has 1 aliphatic carbocycles. The van der Waals surface area contributed by atoms with Crippen molar-refractivity contribution in [2.75, 3.05) is 26.2 Å². The van der Waals surface area contributed by atoms with Crippen molar-refractivity contribution in [1.82, 2.24) is 10.2 Å². The molecule has 0 unspecified atom stereocenters. The molecule has 80 valence electrons. The van der Waals surface area contributed by atoms with Crippen LogP contribution in [-0.4, -0.2) is 36.9 Å². The molecule has 1 saturated carbocycles. The first-order chi connectivity index (χ1) is 6.36. The second-order valence-electron chi connectivity index (χ2n) is 3.78. The molecule has 0 aromatic rings. The molecule has 1 heterocycles. The van der Waals surface area contributed by atoms with E-state index in [9.17, 15) is 4.79 Å². The lowest BCUT2D eigenvalue weighted by atomic mass is 10.2. The van der Waals surface area contributed by atoms with Crippen LogP contribution < -0.4 is 5.32 Å². The highest BCUT2D eigenvalue weighted by Crippen LogP contribution is 2.30. The van der Waals surface area contributed by atoms with Crippen LogP contribution in [0.3, 0.4) is 0 Å². The zero-order valence-corrected chi connectivity index (χ0v) is 9.05. The molecule has 4 heteroatoms. The van der Waals surface area contributed by atoms with Gasteiger partial charge in [0.15, 0.2) is 5.78 Å². The fraction of sp³-hybridized carbons (Fsp3) is 0.700. The van der Waals surface area contributed by atoms with Crippen molar-refractivity contribution in [1.29, 1.82) is 0 Å². The average molecular weight is 217 g/mol. The summed E-state index contributed by atoms with van der Waals surface area (Å²) in [6, 6.07) is 0. The van der Waals surface area contributed by atoms with Gasteiger partial charge < -0.3 is 10.2 Å². The third-order valence-corrected chi connectivity index (χ3v) is 2.58. The molecule has 0 radical (unpaired) electrons. The standard InChI is InChI=1S/C10H16N2O.ClH/c13-10(9-1-2-9)3-6-12-7-4-11-5-8-12;/h3,6,9,11H,1-2,4-5,7-8H2;1H/b6-3+;. The van der Waals surface area contributed by atoms with Crippen LogP contribution in [0.4, 0.5) is 0 Å². The van der Waals surface area contributed by atoms with Crippen LogP contribution in [0, 0.1) is 5.92 Å². The molecule has 0 bridgehead atoms. The number of nitrogens with zero attached hydrogens (tertiary/aromatic N) is 1. The maximum atomic E-state index is 11.3. The van der Waals surface area contributed by atoms with Gasteiger partial charge in [-0.1, -0.05) is 0 Å². The molecule has 1 N–H and O–H groups in total. The van der Waals surface area contributed by atoms with Crippen LogP contribution in [0.25, 0.3) is 0 Å². The van der Waals surface area contributed by atoms with E-state index >= 15 is 0 Å². The number of nitrogens with one attached hydrogen (secondary N) is 1. The highest BCUT2D eigenvalue weighted by Gasteiger charge is 2.27. The van der Waals surface area contributed by atoms with Crippen LogP contribution in [-0.2, 0) is 4.79 Å². The number of carbonyl (C=O) groups is 1. The first kappa shape index (κ1) is 11.5. The molecule has 2 fully saturated rings. The minimum Gasteiger partial charge on any atom is -0.375 e. The van der Waals surface area contributed by atoms with Crippen molar-refractivity contribution < 1.29 is 4.79 Å². The Labute approximate surface area is 90.9 Å². The Kier molecular flexibility index (Phi) is 4.42. The van der Waals surface area contributed by atoms with Crippen LogP contribution in [0.2, 0.25) is 0 Å². The quantitative estimate of drug-likeness (QED) is 0.709. The number of hydrogen-bond acceptors (Lipinski definition) is 3. The normalized spacial score (nSPS) is 22.1. The predicted octanol–water partition coefficient (Wildman–Crippen LogP) is 0.806. The fourth-order valence-electron chi connectivity index (χ4n) is 1.51. The molecule has 2 aliphatic rings. The van der Waals surface area contributed by atoms with Crippen molar-refractivity contribution in [2.24, 2.45) is 5.92 Å². The van der Waals surface area contributed by atoms with Gasteiger partial charge in [0, 0.05) is 38.3 Å². The number of ketones is 1. The lowest BCUT2D eigenvalue weighted by Crippen LogP contribution is -2.40.